The summed E-state index contributed by atoms with van der Waals surface area (Å²) in [6.07, 6.45) is 9.44. The molecule has 0 aromatic carbocycles. The highest BCUT2D eigenvalue weighted by atomic mass is 16.5. The van der Waals surface area contributed by atoms with Gasteiger partial charge in [0.25, 0.3) is 0 Å². The normalized spacial score (nSPS) is 22.9. The maximum Gasteiger partial charge on any atom is 0.115 e. The van der Waals surface area contributed by atoms with Gasteiger partial charge < -0.3 is 10.5 Å². The van der Waals surface area contributed by atoms with Crippen LogP contribution in [-0.4, -0.2) is 22.2 Å². The van der Waals surface area contributed by atoms with Crippen molar-refractivity contribution in [1.82, 2.24) is 9.97 Å². The summed E-state index contributed by atoms with van der Waals surface area (Å²) in [5.41, 5.74) is 7.58. The van der Waals surface area contributed by atoms with Gasteiger partial charge in [0.05, 0.1) is 11.6 Å². The number of hydrogen-bond acceptors (Lipinski definition) is 4. The van der Waals surface area contributed by atoms with Crippen molar-refractivity contribution in [2.75, 3.05) is 6.61 Å². The number of nitrogens with two attached hydrogens (primary N) is 1. The van der Waals surface area contributed by atoms with Crippen molar-refractivity contribution in [3.63, 3.8) is 0 Å². The second-order valence-corrected chi connectivity index (χ2v) is 6.31. The summed E-state index contributed by atoms with van der Waals surface area (Å²) < 4.78 is 6.10. The van der Waals surface area contributed by atoms with E-state index in [-0.39, 0.29) is 11.6 Å². The van der Waals surface area contributed by atoms with Crippen molar-refractivity contribution in [2.24, 2.45) is 11.1 Å². The lowest BCUT2D eigenvalue weighted by molar-refractivity contribution is -0.100. The average Bonchev–Trinajstić information content (AvgIpc) is 2.42. The molecule has 2 N–H and O–H groups in total. The molecule has 0 amide bonds. The molecule has 0 saturated heterocycles. The van der Waals surface area contributed by atoms with Crippen LogP contribution in [0, 0.1) is 5.41 Å². The highest BCUT2D eigenvalue weighted by Crippen LogP contribution is 2.46. The van der Waals surface area contributed by atoms with Gasteiger partial charge in [-0.25, -0.2) is 9.97 Å². The highest BCUT2D eigenvalue weighted by molar-refractivity contribution is 5.15. The van der Waals surface area contributed by atoms with Gasteiger partial charge in [-0.1, -0.05) is 13.8 Å². The summed E-state index contributed by atoms with van der Waals surface area (Å²) >= 11 is 0. The van der Waals surface area contributed by atoms with E-state index in [2.05, 4.69) is 23.8 Å². The van der Waals surface area contributed by atoms with Crippen LogP contribution >= 0.6 is 0 Å². The molecule has 1 unspecified atom stereocenters. The van der Waals surface area contributed by atoms with E-state index < -0.39 is 0 Å². The van der Waals surface area contributed by atoms with Crippen molar-refractivity contribution >= 4 is 0 Å². The molecule has 1 fully saturated rings. The minimum Gasteiger partial charge on any atom is -0.373 e. The summed E-state index contributed by atoms with van der Waals surface area (Å²) in [5.74, 6) is 0. The number of rotatable bonds is 4. The first-order valence-electron chi connectivity index (χ1n) is 7.13. The van der Waals surface area contributed by atoms with Crippen LogP contribution in [0.25, 0.3) is 0 Å². The van der Waals surface area contributed by atoms with Crippen molar-refractivity contribution in [3.05, 3.63) is 24.3 Å². The van der Waals surface area contributed by atoms with Gasteiger partial charge in [0.15, 0.2) is 0 Å². The zero-order chi connectivity index (χ0) is 13.9. The molecule has 1 atom stereocenters. The van der Waals surface area contributed by atoms with E-state index in [0.717, 1.165) is 31.2 Å². The minimum absolute atomic E-state index is 0.148. The molecule has 0 spiro atoms. The lowest BCUT2D eigenvalue weighted by Crippen LogP contribution is -2.48. The molecule has 1 aliphatic rings. The van der Waals surface area contributed by atoms with Gasteiger partial charge in [-0.2, -0.15) is 0 Å². The Morgan fingerprint density at radius 2 is 1.79 bits per heavy atom. The van der Waals surface area contributed by atoms with Crippen molar-refractivity contribution in [2.45, 2.75) is 58.1 Å². The molecule has 1 heterocycles. The molecule has 0 aliphatic heterocycles. The zero-order valence-electron chi connectivity index (χ0n) is 12.2. The molecule has 0 bridgehead atoms. The molecule has 1 saturated carbocycles. The third-order valence-corrected chi connectivity index (χ3v) is 4.39. The van der Waals surface area contributed by atoms with Crippen LogP contribution in [0.3, 0.4) is 0 Å². The van der Waals surface area contributed by atoms with Crippen LogP contribution in [0.4, 0.5) is 0 Å². The second kappa shape index (κ2) is 5.55. The summed E-state index contributed by atoms with van der Waals surface area (Å²) in [7, 11) is 0. The first kappa shape index (κ1) is 14.4. The molecular weight excluding hydrogens is 238 g/mol. The summed E-state index contributed by atoms with van der Waals surface area (Å²) in [5, 5.41) is 0. The van der Waals surface area contributed by atoms with Crippen LogP contribution in [0.15, 0.2) is 18.7 Å². The number of aromatic nitrogens is 2. The minimum atomic E-state index is -0.255. The van der Waals surface area contributed by atoms with E-state index >= 15 is 0 Å². The Kier molecular flexibility index (Phi) is 4.21. The van der Waals surface area contributed by atoms with Gasteiger partial charge in [-0.3, -0.25) is 0 Å². The van der Waals surface area contributed by atoms with E-state index in [1.54, 1.807) is 12.4 Å². The summed E-state index contributed by atoms with van der Waals surface area (Å²) in [4.78, 5) is 8.15. The van der Waals surface area contributed by atoms with Crippen LogP contribution in [-0.2, 0) is 4.74 Å². The Hall–Kier alpha value is -1.00. The van der Waals surface area contributed by atoms with Gasteiger partial charge in [-0.15, -0.1) is 0 Å². The topological polar surface area (TPSA) is 61.0 Å². The average molecular weight is 263 g/mol. The quantitative estimate of drug-likeness (QED) is 0.907. The fourth-order valence-corrected chi connectivity index (χ4v) is 2.96. The van der Waals surface area contributed by atoms with E-state index in [9.17, 15) is 0 Å². The molecule has 4 nitrogen and oxygen atoms in total. The summed E-state index contributed by atoms with van der Waals surface area (Å²) in [6, 6.07) is -0.148. The molecule has 106 valence electrons. The molecule has 4 heteroatoms. The molecule has 1 aromatic rings. The third kappa shape index (κ3) is 3.12. The standard InChI is InChI=1S/C15H25N3O/c1-4-19-15(7-5-14(2,3)6-8-15)13(16)12-9-17-11-18-10-12/h9-11,13H,4-8,16H2,1-3H3. The molecule has 1 aromatic heterocycles. The van der Waals surface area contributed by atoms with Crippen molar-refractivity contribution < 1.29 is 4.74 Å². The Morgan fingerprint density at radius 1 is 1.21 bits per heavy atom. The smallest absolute Gasteiger partial charge is 0.115 e. The van der Waals surface area contributed by atoms with Crippen molar-refractivity contribution in [1.29, 1.82) is 0 Å². The Morgan fingerprint density at radius 3 is 2.32 bits per heavy atom. The summed E-state index contributed by atoms with van der Waals surface area (Å²) in [6.45, 7) is 7.37. The predicted molar refractivity (Wildman–Crippen MR) is 75.6 cm³/mol. The second-order valence-electron chi connectivity index (χ2n) is 6.31. The lowest BCUT2D eigenvalue weighted by atomic mass is 9.67. The van der Waals surface area contributed by atoms with Crippen LogP contribution in [0.1, 0.15) is 58.1 Å². The maximum absolute atomic E-state index is 6.47. The van der Waals surface area contributed by atoms with Gasteiger partial charge in [0, 0.05) is 24.6 Å². The van der Waals surface area contributed by atoms with Crippen LogP contribution < -0.4 is 5.73 Å². The van der Waals surface area contributed by atoms with Crippen LogP contribution in [0.5, 0.6) is 0 Å². The fraction of sp³-hybridized carbons (Fsp3) is 0.733. The first-order chi connectivity index (χ1) is 8.99. The monoisotopic (exact) mass is 263 g/mol. The van der Waals surface area contributed by atoms with E-state index in [1.165, 1.54) is 6.33 Å². The Bertz CT molecular complexity index is 395. The van der Waals surface area contributed by atoms with Crippen LogP contribution in [0.2, 0.25) is 0 Å². The number of ether oxygens (including phenoxy) is 1. The molecule has 2 rings (SSSR count). The van der Waals surface area contributed by atoms with Crippen molar-refractivity contribution in [3.8, 4) is 0 Å². The number of nitrogens with zero attached hydrogens (tertiary/aromatic N) is 2. The van der Waals surface area contributed by atoms with E-state index in [0.29, 0.717) is 12.0 Å². The molecule has 0 radical (unpaired) electrons. The van der Waals surface area contributed by atoms with Gasteiger partial charge >= 0.3 is 0 Å². The van der Waals surface area contributed by atoms with E-state index in [1.807, 2.05) is 6.92 Å². The van der Waals surface area contributed by atoms with Gasteiger partial charge in [-0.05, 0) is 38.0 Å². The SMILES string of the molecule is CCOC1(C(N)c2cncnc2)CCC(C)(C)CC1. The highest BCUT2D eigenvalue weighted by Gasteiger charge is 2.44. The van der Waals surface area contributed by atoms with E-state index in [4.69, 9.17) is 10.5 Å². The molecule has 1 aliphatic carbocycles. The fourth-order valence-electron chi connectivity index (χ4n) is 2.96. The molecular formula is C15H25N3O. The van der Waals surface area contributed by atoms with Gasteiger partial charge in [0.2, 0.25) is 0 Å². The van der Waals surface area contributed by atoms with Gasteiger partial charge in [0.1, 0.15) is 6.33 Å². The zero-order valence-corrected chi connectivity index (χ0v) is 12.2. The Balaban J connectivity index is 2.20. The predicted octanol–water partition coefficient (Wildman–Crippen LogP) is 2.85. The third-order valence-electron chi connectivity index (χ3n) is 4.39. The first-order valence-corrected chi connectivity index (χ1v) is 7.13. The molecule has 19 heavy (non-hydrogen) atoms. The Labute approximate surface area is 115 Å². The number of hydrogen-bond donors (Lipinski definition) is 1. The maximum atomic E-state index is 6.47. The largest absolute Gasteiger partial charge is 0.373 e. The lowest BCUT2D eigenvalue weighted by Gasteiger charge is -2.46.